The Labute approximate surface area is 170 Å². The van der Waals surface area contributed by atoms with Crippen LogP contribution in [-0.2, 0) is 20.9 Å². The van der Waals surface area contributed by atoms with E-state index in [0.717, 1.165) is 3.63 Å². The van der Waals surface area contributed by atoms with Crippen molar-refractivity contribution in [2.45, 2.75) is 44.3 Å². The minimum atomic E-state index is -1.43. The van der Waals surface area contributed by atoms with Crippen LogP contribution < -0.4 is 24.8 Å². The summed E-state index contributed by atoms with van der Waals surface area (Å²) in [6.45, 7) is 11.3. The minimum Gasteiger partial charge on any atom is -1.00 e. The van der Waals surface area contributed by atoms with E-state index in [0.29, 0.717) is 5.92 Å². The van der Waals surface area contributed by atoms with Gasteiger partial charge in [0.15, 0.2) is 0 Å². The Kier molecular flexibility index (Phi) is 11.7. The molecule has 4 heteroatoms. The van der Waals surface area contributed by atoms with Crippen LogP contribution in [0.15, 0.2) is 51.3 Å². The number of allylic oxidation sites excluding steroid dienone is 5. The van der Waals surface area contributed by atoms with E-state index in [1.807, 2.05) is 17.1 Å². The molecule has 1 unspecified atom stereocenters. The first-order valence-corrected chi connectivity index (χ1v) is 18.7. The average molecular weight is 460 g/mol. The molecule has 0 bridgehead atoms. The molecule has 0 fully saturated rings. The van der Waals surface area contributed by atoms with Crippen LogP contribution in [0.1, 0.15) is 48.9 Å². The van der Waals surface area contributed by atoms with Crippen molar-refractivity contribution in [1.29, 1.82) is 0 Å². The number of halogens is 2. The van der Waals surface area contributed by atoms with E-state index in [4.69, 9.17) is 0 Å². The summed E-state index contributed by atoms with van der Waals surface area (Å²) in [5, 5.41) is 0. The summed E-state index contributed by atoms with van der Waals surface area (Å²) >= 11 is -1.43. The third kappa shape index (κ3) is 5.31. The molecule has 0 saturated heterocycles. The average Bonchev–Trinajstić information content (AvgIpc) is 3.18. The van der Waals surface area contributed by atoms with Crippen LogP contribution >= 0.6 is 0 Å². The van der Waals surface area contributed by atoms with E-state index >= 15 is 0 Å². The first kappa shape index (κ1) is 24.1. The fraction of sp³-hybridized carbons (Fsp3) is 0.400. The number of hydrogen-bond acceptors (Lipinski definition) is 0. The van der Waals surface area contributed by atoms with Crippen molar-refractivity contribution in [3.63, 3.8) is 0 Å². The minimum absolute atomic E-state index is 0. The van der Waals surface area contributed by atoms with Gasteiger partial charge in [0.1, 0.15) is 0 Å². The van der Waals surface area contributed by atoms with Crippen molar-refractivity contribution in [2.75, 3.05) is 0 Å². The van der Waals surface area contributed by atoms with E-state index in [1.165, 1.54) is 12.0 Å². The molecule has 0 aromatic heterocycles. The molecule has 0 heterocycles. The summed E-state index contributed by atoms with van der Waals surface area (Å²) in [5.74, 6) is 0.696. The molecule has 2 aliphatic carbocycles. The SMILES string of the molecule is CC.C[SiH2][Zr+2]([C]1=CC(C(C)C)=CC1)[CH]1C=Cc2ccccc21.[Cl-].[Cl-]. The molecule has 0 radical (unpaired) electrons. The predicted molar refractivity (Wildman–Crippen MR) is 99.6 cm³/mol. The molecule has 0 spiro atoms. The van der Waals surface area contributed by atoms with Crippen LogP contribution in [0.3, 0.4) is 0 Å². The van der Waals surface area contributed by atoms with Crippen molar-refractivity contribution in [2.24, 2.45) is 5.92 Å². The summed E-state index contributed by atoms with van der Waals surface area (Å²) in [6, 6.07) is 9.05. The molecule has 0 nitrogen and oxygen atoms in total. The molecule has 0 aliphatic heterocycles. The molecule has 0 saturated carbocycles. The number of rotatable bonds is 4. The molecular weight excluding hydrogens is 430 g/mol. The Hall–Kier alpha value is 0.120. The van der Waals surface area contributed by atoms with Crippen LogP contribution in [0.2, 0.25) is 6.55 Å². The third-order valence-corrected chi connectivity index (χ3v) is 22.2. The number of hydrogen-bond donors (Lipinski definition) is 0. The Balaban J connectivity index is 0.00000128. The van der Waals surface area contributed by atoms with E-state index in [9.17, 15) is 0 Å². The second-order valence-corrected chi connectivity index (χ2v) is 22.2. The van der Waals surface area contributed by atoms with Crippen LogP contribution in [0.5, 0.6) is 0 Å². The van der Waals surface area contributed by atoms with Crippen LogP contribution in [0, 0.1) is 5.92 Å². The van der Waals surface area contributed by atoms with Crippen molar-refractivity contribution < 1.29 is 45.7 Å². The Morgan fingerprint density at radius 3 is 2.38 bits per heavy atom. The Bertz CT molecular complexity index is 605. The van der Waals surface area contributed by atoms with Crippen molar-refractivity contribution >= 4 is 12.7 Å². The standard InChI is InChI=1S/C9H7.C8H11.C2H6.CH5Si.2ClH.Zr/c1-2-5-9-7-3-6-8(9)4-1;1-7(2)8-5-3-4-6-8;2*1-2;;;/h1-7H;5-7H,3H2,1-2H3;1-2H3;2H2,1H3;2*1H;/q;;;;;;+2/p-2. The second kappa shape index (κ2) is 11.7. The van der Waals surface area contributed by atoms with Crippen LogP contribution in [-0.4, -0.2) is 6.65 Å². The predicted octanol–water partition coefficient (Wildman–Crippen LogP) is -0.591. The van der Waals surface area contributed by atoms with Crippen molar-refractivity contribution in [1.82, 2.24) is 0 Å². The molecular formula is C20H29Cl2SiZr. The Morgan fingerprint density at radius 2 is 1.79 bits per heavy atom. The topological polar surface area (TPSA) is 0 Å². The molecule has 24 heavy (non-hydrogen) atoms. The first-order valence-electron chi connectivity index (χ1n) is 8.74. The summed E-state index contributed by atoms with van der Waals surface area (Å²) < 4.78 is 2.72. The molecule has 0 N–H and O–H groups in total. The quantitative estimate of drug-likeness (QED) is 0.528. The third-order valence-electron chi connectivity index (χ3n) is 4.53. The van der Waals surface area contributed by atoms with Gasteiger partial charge in [-0.2, -0.15) is 0 Å². The fourth-order valence-corrected chi connectivity index (χ4v) is 19.5. The van der Waals surface area contributed by atoms with Gasteiger partial charge in [0.05, 0.1) is 0 Å². The zero-order chi connectivity index (χ0) is 16.1. The maximum Gasteiger partial charge on any atom is -1.00 e. The summed E-state index contributed by atoms with van der Waals surface area (Å²) in [7, 11) is 0. The van der Waals surface area contributed by atoms with Crippen LogP contribution in [0.4, 0.5) is 0 Å². The molecule has 1 atom stereocenters. The molecule has 3 rings (SSSR count). The second-order valence-electron chi connectivity index (χ2n) is 6.08. The molecule has 1 aromatic rings. The normalized spacial score (nSPS) is 17.5. The zero-order valence-corrected chi connectivity index (χ0v) is 20.8. The van der Waals surface area contributed by atoms with Crippen LogP contribution in [0.25, 0.3) is 6.08 Å². The number of benzene rings is 1. The summed E-state index contributed by atoms with van der Waals surface area (Å²) in [4.78, 5) is 0. The van der Waals surface area contributed by atoms with E-state index in [-0.39, 0.29) is 31.5 Å². The van der Waals surface area contributed by atoms with Crippen molar-refractivity contribution in [3.05, 3.63) is 62.5 Å². The first-order chi connectivity index (χ1) is 10.7. The van der Waals surface area contributed by atoms with Gasteiger partial charge in [0.2, 0.25) is 0 Å². The maximum atomic E-state index is 2.59. The van der Waals surface area contributed by atoms with Gasteiger partial charge in [-0.3, -0.25) is 0 Å². The van der Waals surface area contributed by atoms with Gasteiger partial charge in [-0.1, -0.05) is 13.8 Å². The molecule has 1 aromatic carbocycles. The van der Waals surface area contributed by atoms with Gasteiger partial charge in [-0.05, 0) is 0 Å². The van der Waals surface area contributed by atoms with Gasteiger partial charge in [-0.25, -0.2) is 0 Å². The largest absolute Gasteiger partial charge is 1.00 e. The van der Waals surface area contributed by atoms with Gasteiger partial charge in [-0.15, -0.1) is 0 Å². The van der Waals surface area contributed by atoms with E-state index in [1.54, 1.807) is 11.1 Å². The van der Waals surface area contributed by atoms with Crippen molar-refractivity contribution in [3.8, 4) is 0 Å². The zero-order valence-electron chi connectivity index (χ0n) is 15.4. The Morgan fingerprint density at radius 1 is 1.12 bits per heavy atom. The maximum absolute atomic E-state index is 2.59. The van der Waals surface area contributed by atoms with E-state index in [2.05, 4.69) is 69.0 Å². The smallest absolute Gasteiger partial charge is 1.00 e. The van der Waals surface area contributed by atoms with Gasteiger partial charge in [0.25, 0.3) is 0 Å². The van der Waals surface area contributed by atoms with Gasteiger partial charge >= 0.3 is 132 Å². The fourth-order valence-electron chi connectivity index (χ4n) is 3.37. The van der Waals surface area contributed by atoms with E-state index < -0.39 is 20.9 Å². The number of fused-ring (bicyclic) bond motifs is 1. The summed E-state index contributed by atoms with van der Waals surface area (Å²) in [5.41, 5.74) is 4.71. The monoisotopic (exact) mass is 457 g/mol. The summed E-state index contributed by atoms with van der Waals surface area (Å²) in [6.07, 6.45) is 11.3. The molecule has 0 amide bonds. The molecule has 2 aliphatic rings. The van der Waals surface area contributed by atoms with Gasteiger partial charge in [0, 0.05) is 0 Å². The van der Waals surface area contributed by atoms with Gasteiger partial charge < -0.3 is 24.8 Å². The molecule has 131 valence electrons.